The number of halogens is 3. The first-order valence-corrected chi connectivity index (χ1v) is 8.12. The van der Waals surface area contributed by atoms with Crippen LogP contribution in [-0.2, 0) is 0 Å². The van der Waals surface area contributed by atoms with E-state index in [-0.39, 0.29) is 10.4 Å². The topological polar surface area (TPSA) is 78.4 Å². The Kier molecular flexibility index (Phi) is 4.29. The van der Waals surface area contributed by atoms with Gasteiger partial charge in [0, 0.05) is 0 Å². The first-order valence-electron chi connectivity index (χ1n) is 7.24. The van der Waals surface area contributed by atoms with Crippen molar-refractivity contribution in [1.29, 1.82) is 0 Å². The van der Waals surface area contributed by atoms with Crippen LogP contribution in [0.25, 0.3) is 0 Å². The molecule has 1 aliphatic heterocycles. The van der Waals surface area contributed by atoms with E-state index >= 15 is 0 Å². The van der Waals surface area contributed by atoms with E-state index in [9.17, 15) is 27.9 Å². The van der Waals surface area contributed by atoms with Gasteiger partial charge in [-0.05, 0) is 17.0 Å². The second-order valence-electron chi connectivity index (χ2n) is 5.57. The first-order chi connectivity index (χ1) is 11.7. The Labute approximate surface area is 144 Å². The van der Waals surface area contributed by atoms with Gasteiger partial charge in [0.1, 0.15) is 5.92 Å². The van der Waals surface area contributed by atoms with Crippen LogP contribution < -0.4 is 10.6 Å². The van der Waals surface area contributed by atoms with Gasteiger partial charge in [-0.3, -0.25) is 4.79 Å². The monoisotopic (exact) mass is 370 g/mol. The van der Waals surface area contributed by atoms with Crippen molar-refractivity contribution in [3.05, 3.63) is 58.3 Å². The number of Topliss-reactive ketones (excluding diaryl/α,β-unsaturated/α-hetero) is 1. The summed E-state index contributed by atoms with van der Waals surface area (Å²) in [7, 11) is 0. The summed E-state index contributed by atoms with van der Waals surface area (Å²) in [6.45, 7) is 0. The van der Waals surface area contributed by atoms with Gasteiger partial charge in [0.05, 0.1) is 10.9 Å². The smallest absolute Gasteiger partial charge is 0.363 e. The van der Waals surface area contributed by atoms with Crippen molar-refractivity contribution in [2.75, 3.05) is 0 Å². The van der Waals surface area contributed by atoms with Crippen LogP contribution in [0.4, 0.5) is 18.0 Å². The molecule has 0 saturated carbocycles. The molecule has 1 aromatic heterocycles. The molecular weight excluding hydrogens is 357 g/mol. The molecule has 2 amide bonds. The summed E-state index contributed by atoms with van der Waals surface area (Å²) >= 11 is 0.966. The molecule has 1 fully saturated rings. The van der Waals surface area contributed by atoms with Gasteiger partial charge in [-0.1, -0.05) is 36.4 Å². The molecule has 132 valence electrons. The van der Waals surface area contributed by atoms with E-state index in [0.29, 0.717) is 0 Å². The second kappa shape index (κ2) is 6.16. The third-order valence-corrected chi connectivity index (χ3v) is 4.90. The zero-order valence-electron chi connectivity index (χ0n) is 12.6. The van der Waals surface area contributed by atoms with Crippen LogP contribution in [0.3, 0.4) is 0 Å². The number of carbonyl (C=O) groups excluding carboxylic acids is 2. The molecule has 0 bridgehead atoms. The highest BCUT2D eigenvalue weighted by Crippen LogP contribution is 2.44. The Hall–Kier alpha value is -2.39. The molecule has 1 aromatic carbocycles. The molecule has 2 aromatic rings. The van der Waals surface area contributed by atoms with E-state index in [1.165, 1.54) is 29.6 Å². The number of rotatable bonds is 3. The standard InChI is InChI=1S/C16H13F3N2O3S/c17-16(18,19)15(24)11(13(22)10-7-4-8-25-10)12(20-14(23)21-15)9-5-2-1-3-6-9/h1-8,11-12,24H,(H2,20,21,23)/t11-,12-,15-/m0/s1. The lowest BCUT2D eigenvalue weighted by atomic mass is 9.78. The fourth-order valence-electron chi connectivity index (χ4n) is 2.85. The number of urea groups is 1. The van der Waals surface area contributed by atoms with Crippen LogP contribution in [0, 0.1) is 5.92 Å². The van der Waals surface area contributed by atoms with Crippen molar-refractivity contribution < 1.29 is 27.9 Å². The SMILES string of the molecule is O=C1N[C@@H](c2ccccc2)[C@@H](C(=O)c2cccs2)[C@](O)(C(F)(F)F)N1. The molecule has 0 radical (unpaired) electrons. The normalized spacial score (nSPS) is 26.6. The Morgan fingerprint density at radius 2 is 1.84 bits per heavy atom. The van der Waals surface area contributed by atoms with Gasteiger partial charge in [0.2, 0.25) is 5.72 Å². The minimum atomic E-state index is -5.24. The highest BCUT2D eigenvalue weighted by molar-refractivity contribution is 7.12. The number of ketones is 1. The number of amides is 2. The predicted molar refractivity (Wildman–Crippen MR) is 84.0 cm³/mol. The fraction of sp³-hybridized carbons (Fsp3) is 0.250. The number of hydrogen-bond acceptors (Lipinski definition) is 4. The Bertz CT molecular complexity index is 780. The van der Waals surface area contributed by atoms with E-state index < -0.39 is 35.7 Å². The summed E-state index contributed by atoms with van der Waals surface area (Å²) in [6, 6.07) is 8.13. The Balaban J connectivity index is 2.15. The highest BCUT2D eigenvalue weighted by Gasteiger charge is 2.66. The minimum Gasteiger partial charge on any atom is -0.363 e. The third kappa shape index (κ3) is 3.00. The molecule has 0 spiro atoms. The average molecular weight is 370 g/mol. The van der Waals surface area contributed by atoms with E-state index in [0.717, 1.165) is 11.3 Å². The van der Waals surface area contributed by atoms with Gasteiger partial charge >= 0.3 is 12.2 Å². The second-order valence-corrected chi connectivity index (χ2v) is 6.52. The van der Waals surface area contributed by atoms with E-state index in [4.69, 9.17) is 0 Å². The Morgan fingerprint density at radius 3 is 2.40 bits per heavy atom. The molecule has 1 saturated heterocycles. The number of nitrogens with one attached hydrogen (secondary N) is 2. The first kappa shape index (κ1) is 17.4. The number of thiophene rings is 1. The van der Waals surface area contributed by atoms with Gasteiger partial charge in [-0.25, -0.2) is 4.79 Å². The molecule has 0 unspecified atom stereocenters. The fourth-order valence-corrected chi connectivity index (χ4v) is 3.55. The van der Waals surface area contributed by atoms with Crippen LogP contribution in [0.2, 0.25) is 0 Å². The summed E-state index contributed by atoms with van der Waals surface area (Å²) in [5, 5.41) is 15.7. The summed E-state index contributed by atoms with van der Waals surface area (Å²) < 4.78 is 40.8. The van der Waals surface area contributed by atoms with Gasteiger partial charge in [-0.2, -0.15) is 13.2 Å². The zero-order valence-corrected chi connectivity index (χ0v) is 13.4. The van der Waals surface area contributed by atoms with E-state index in [1.807, 2.05) is 0 Å². The zero-order chi connectivity index (χ0) is 18.2. The van der Waals surface area contributed by atoms with Crippen molar-refractivity contribution >= 4 is 23.2 Å². The van der Waals surface area contributed by atoms with Crippen molar-refractivity contribution in [2.45, 2.75) is 17.9 Å². The predicted octanol–water partition coefficient (Wildman–Crippen LogP) is 2.85. The van der Waals surface area contributed by atoms with Gasteiger partial charge in [0.25, 0.3) is 0 Å². The molecule has 1 aliphatic rings. The van der Waals surface area contributed by atoms with Crippen molar-refractivity contribution in [3.8, 4) is 0 Å². The molecule has 3 N–H and O–H groups in total. The summed E-state index contributed by atoms with van der Waals surface area (Å²) in [5.74, 6) is -2.89. The number of carbonyl (C=O) groups is 2. The third-order valence-electron chi connectivity index (χ3n) is 4.01. The quantitative estimate of drug-likeness (QED) is 0.727. The maximum absolute atomic E-state index is 13.6. The number of hydrogen-bond donors (Lipinski definition) is 3. The summed E-state index contributed by atoms with van der Waals surface area (Å²) in [5.41, 5.74) is -3.40. The molecule has 3 atom stereocenters. The van der Waals surface area contributed by atoms with Crippen molar-refractivity contribution in [2.24, 2.45) is 5.92 Å². The van der Waals surface area contributed by atoms with Crippen LogP contribution in [0.1, 0.15) is 21.3 Å². The molecule has 9 heteroatoms. The minimum absolute atomic E-state index is 0.0616. The van der Waals surface area contributed by atoms with Crippen LogP contribution in [0.5, 0.6) is 0 Å². The molecule has 25 heavy (non-hydrogen) atoms. The van der Waals surface area contributed by atoms with Crippen molar-refractivity contribution in [1.82, 2.24) is 10.6 Å². The van der Waals surface area contributed by atoms with Crippen LogP contribution in [0.15, 0.2) is 47.8 Å². The average Bonchev–Trinajstić information content (AvgIpc) is 3.08. The maximum atomic E-state index is 13.6. The highest BCUT2D eigenvalue weighted by atomic mass is 32.1. The van der Waals surface area contributed by atoms with Gasteiger partial charge in [-0.15, -0.1) is 11.3 Å². The maximum Gasteiger partial charge on any atom is 0.437 e. The molecule has 5 nitrogen and oxygen atoms in total. The molecule has 0 aliphatic carbocycles. The lowest BCUT2D eigenvalue weighted by Crippen LogP contribution is -2.72. The van der Waals surface area contributed by atoms with E-state index in [2.05, 4.69) is 5.32 Å². The molecule has 3 rings (SSSR count). The molecular formula is C16H13F3N2O3S. The lowest BCUT2D eigenvalue weighted by molar-refractivity contribution is -0.287. The summed E-state index contributed by atoms with van der Waals surface area (Å²) in [6.07, 6.45) is -5.24. The number of benzene rings is 1. The number of aliphatic hydroxyl groups is 1. The Morgan fingerprint density at radius 1 is 1.16 bits per heavy atom. The van der Waals surface area contributed by atoms with Crippen LogP contribution in [-0.4, -0.2) is 28.8 Å². The van der Waals surface area contributed by atoms with Crippen LogP contribution >= 0.6 is 11.3 Å². The van der Waals surface area contributed by atoms with Gasteiger partial charge < -0.3 is 15.7 Å². The largest absolute Gasteiger partial charge is 0.437 e. The lowest BCUT2D eigenvalue weighted by Gasteiger charge is -2.44. The summed E-state index contributed by atoms with van der Waals surface area (Å²) in [4.78, 5) is 24.6. The van der Waals surface area contributed by atoms with Gasteiger partial charge in [0.15, 0.2) is 5.78 Å². The number of alkyl halides is 3. The van der Waals surface area contributed by atoms with E-state index in [1.54, 1.807) is 23.6 Å². The van der Waals surface area contributed by atoms with Crippen molar-refractivity contribution in [3.63, 3.8) is 0 Å². The molecule has 2 heterocycles.